The van der Waals surface area contributed by atoms with Gasteiger partial charge in [0.1, 0.15) is 6.54 Å². The Kier molecular flexibility index (Phi) is 4.85. The Morgan fingerprint density at radius 2 is 2.05 bits per heavy atom. The van der Waals surface area contributed by atoms with E-state index in [1.807, 2.05) is 13.8 Å². The first-order valence-corrected chi connectivity index (χ1v) is 7.69. The van der Waals surface area contributed by atoms with Crippen molar-refractivity contribution in [3.63, 3.8) is 0 Å². The van der Waals surface area contributed by atoms with E-state index in [1.165, 1.54) is 0 Å². The second-order valence-electron chi connectivity index (χ2n) is 6.04. The van der Waals surface area contributed by atoms with Crippen molar-refractivity contribution in [3.05, 3.63) is 0 Å². The third kappa shape index (κ3) is 3.74. The molecule has 1 atom stereocenters. The zero-order chi connectivity index (χ0) is 15.6. The highest BCUT2D eigenvalue weighted by Gasteiger charge is 2.42. The standard InChI is InChI=1S/C15H24N2O4/c1-4-21-14(19)9-17(12-5-6-12)15(20)11-7-13(18)16(8-11)10(2)3/h10-12H,4-9H2,1-3H3. The maximum atomic E-state index is 12.6. The Balaban J connectivity index is 1.99. The fourth-order valence-corrected chi connectivity index (χ4v) is 2.75. The lowest BCUT2D eigenvalue weighted by atomic mass is 10.1. The van der Waals surface area contributed by atoms with Crippen LogP contribution in [0, 0.1) is 5.92 Å². The van der Waals surface area contributed by atoms with Crippen LogP contribution in [-0.2, 0) is 19.1 Å². The van der Waals surface area contributed by atoms with Gasteiger partial charge in [0, 0.05) is 25.0 Å². The first-order valence-electron chi connectivity index (χ1n) is 7.69. The molecule has 1 aliphatic heterocycles. The van der Waals surface area contributed by atoms with Gasteiger partial charge in [0.25, 0.3) is 0 Å². The van der Waals surface area contributed by atoms with Crippen molar-refractivity contribution in [2.45, 2.75) is 52.1 Å². The van der Waals surface area contributed by atoms with Gasteiger partial charge < -0.3 is 14.5 Å². The molecule has 0 N–H and O–H groups in total. The number of amides is 2. The predicted molar refractivity (Wildman–Crippen MR) is 76.3 cm³/mol. The Morgan fingerprint density at radius 3 is 2.52 bits per heavy atom. The third-order valence-electron chi connectivity index (χ3n) is 4.01. The van der Waals surface area contributed by atoms with Crippen molar-refractivity contribution in [1.29, 1.82) is 0 Å². The molecule has 6 heteroatoms. The van der Waals surface area contributed by atoms with E-state index < -0.39 is 0 Å². The zero-order valence-corrected chi connectivity index (χ0v) is 13.0. The maximum Gasteiger partial charge on any atom is 0.325 e. The molecule has 1 aliphatic carbocycles. The topological polar surface area (TPSA) is 66.9 Å². The lowest BCUT2D eigenvalue weighted by Crippen LogP contribution is -2.42. The largest absolute Gasteiger partial charge is 0.465 e. The summed E-state index contributed by atoms with van der Waals surface area (Å²) in [6.07, 6.45) is 2.11. The fraction of sp³-hybridized carbons (Fsp3) is 0.800. The Bertz CT molecular complexity index is 431. The van der Waals surface area contributed by atoms with Crippen LogP contribution in [0.15, 0.2) is 0 Å². The van der Waals surface area contributed by atoms with Crippen LogP contribution >= 0.6 is 0 Å². The van der Waals surface area contributed by atoms with Crippen molar-refractivity contribution < 1.29 is 19.1 Å². The molecule has 1 saturated heterocycles. The number of hydrogen-bond acceptors (Lipinski definition) is 4. The monoisotopic (exact) mass is 296 g/mol. The molecule has 0 aromatic carbocycles. The van der Waals surface area contributed by atoms with Gasteiger partial charge in [-0.2, -0.15) is 0 Å². The van der Waals surface area contributed by atoms with Crippen molar-refractivity contribution in [2.24, 2.45) is 5.92 Å². The van der Waals surface area contributed by atoms with Crippen LogP contribution in [0.5, 0.6) is 0 Å². The predicted octanol–water partition coefficient (Wildman–Crippen LogP) is 0.797. The zero-order valence-electron chi connectivity index (χ0n) is 13.0. The molecule has 0 bridgehead atoms. The quantitative estimate of drug-likeness (QED) is 0.680. The molecule has 2 aliphatic rings. The number of carbonyl (C=O) groups is 3. The molecular formula is C15H24N2O4. The lowest BCUT2D eigenvalue weighted by Gasteiger charge is -2.25. The molecular weight excluding hydrogens is 272 g/mol. The van der Waals surface area contributed by atoms with Crippen molar-refractivity contribution in [2.75, 3.05) is 19.7 Å². The van der Waals surface area contributed by atoms with E-state index in [0.29, 0.717) is 13.2 Å². The van der Waals surface area contributed by atoms with Gasteiger partial charge >= 0.3 is 5.97 Å². The molecule has 6 nitrogen and oxygen atoms in total. The minimum absolute atomic E-state index is 0.00368. The molecule has 1 unspecified atom stereocenters. The molecule has 0 aromatic rings. The fourth-order valence-electron chi connectivity index (χ4n) is 2.75. The SMILES string of the molecule is CCOC(=O)CN(C(=O)C1CC(=O)N(C(C)C)C1)C1CC1. The number of esters is 1. The average molecular weight is 296 g/mol. The van der Waals surface area contributed by atoms with E-state index >= 15 is 0 Å². The van der Waals surface area contributed by atoms with Gasteiger partial charge in [-0.15, -0.1) is 0 Å². The molecule has 0 radical (unpaired) electrons. The Morgan fingerprint density at radius 1 is 1.38 bits per heavy atom. The molecule has 1 saturated carbocycles. The Hall–Kier alpha value is -1.59. The minimum Gasteiger partial charge on any atom is -0.465 e. The number of rotatable bonds is 6. The van der Waals surface area contributed by atoms with Gasteiger partial charge in [-0.1, -0.05) is 0 Å². The van der Waals surface area contributed by atoms with Gasteiger partial charge in [0.2, 0.25) is 11.8 Å². The normalized spacial score (nSPS) is 21.8. The third-order valence-corrected chi connectivity index (χ3v) is 4.01. The van der Waals surface area contributed by atoms with Crippen LogP contribution in [0.25, 0.3) is 0 Å². The molecule has 0 spiro atoms. The summed E-state index contributed by atoms with van der Waals surface area (Å²) in [6, 6.07) is 0.250. The van der Waals surface area contributed by atoms with Gasteiger partial charge in [0.05, 0.1) is 12.5 Å². The lowest BCUT2D eigenvalue weighted by molar-refractivity contribution is -0.150. The first-order chi connectivity index (χ1) is 9.93. The van der Waals surface area contributed by atoms with Crippen molar-refractivity contribution in [3.8, 4) is 0 Å². The Labute approximate surface area is 125 Å². The highest BCUT2D eigenvalue weighted by molar-refractivity contribution is 5.91. The summed E-state index contributed by atoms with van der Waals surface area (Å²) in [5.74, 6) is -0.755. The van der Waals surface area contributed by atoms with E-state index in [-0.39, 0.29) is 48.8 Å². The van der Waals surface area contributed by atoms with Crippen LogP contribution in [0.3, 0.4) is 0 Å². The number of hydrogen-bond donors (Lipinski definition) is 0. The summed E-state index contributed by atoms with van der Waals surface area (Å²) in [5, 5.41) is 0. The minimum atomic E-state index is -0.372. The average Bonchev–Trinajstić information content (AvgIpc) is 3.17. The second-order valence-corrected chi connectivity index (χ2v) is 6.04. The summed E-state index contributed by atoms with van der Waals surface area (Å²) in [7, 11) is 0. The van der Waals surface area contributed by atoms with Gasteiger partial charge in [-0.25, -0.2) is 0 Å². The molecule has 2 amide bonds. The molecule has 0 aromatic heterocycles. The highest BCUT2D eigenvalue weighted by Crippen LogP contribution is 2.30. The molecule has 21 heavy (non-hydrogen) atoms. The summed E-state index contributed by atoms with van der Waals surface area (Å²) in [6.45, 7) is 6.42. The summed E-state index contributed by atoms with van der Waals surface area (Å²) >= 11 is 0. The van der Waals surface area contributed by atoms with E-state index in [2.05, 4.69) is 0 Å². The van der Waals surface area contributed by atoms with Crippen molar-refractivity contribution >= 4 is 17.8 Å². The number of nitrogens with zero attached hydrogens (tertiary/aromatic N) is 2. The molecule has 2 rings (SSSR count). The smallest absolute Gasteiger partial charge is 0.325 e. The van der Waals surface area contributed by atoms with Gasteiger partial charge in [0.15, 0.2) is 0 Å². The van der Waals surface area contributed by atoms with Crippen LogP contribution in [0.2, 0.25) is 0 Å². The summed E-state index contributed by atoms with van der Waals surface area (Å²) in [4.78, 5) is 39.5. The second kappa shape index (κ2) is 6.45. The van der Waals surface area contributed by atoms with E-state index in [0.717, 1.165) is 12.8 Å². The van der Waals surface area contributed by atoms with E-state index in [9.17, 15) is 14.4 Å². The highest BCUT2D eigenvalue weighted by atomic mass is 16.5. The number of likely N-dealkylation sites (tertiary alicyclic amines) is 1. The van der Waals surface area contributed by atoms with Crippen LogP contribution in [0.4, 0.5) is 0 Å². The number of ether oxygens (including phenoxy) is 1. The molecule has 2 fully saturated rings. The molecule has 1 heterocycles. The van der Waals surface area contributed by atoms with Gasteiger partial charge in [-0.3, -0.25) is 14.4 Å². The van der Waals surface area contributed by atoms with Crippen LogP contribution in [-0.4, -0.2) is 59.4 Å². The summed E-state index contributed by atoms with van der Waals surface area (Å²) < 4.78 is 4.93. The van der Waals surface area contributed by atoms with Crippen LogP contribution in [0.1, 0.15) is 40.0 Å². The van der Waals surface area contributed by atoms with Crippen molar-refractivity contribution in [1.82, 2.24) is 9.80 Å². The van der Waals surface area contributed by atoms with E-state index in [4.69, 9.17) is 4.74 Å². The first kappa shape index (κ1) is 15.8. The molecule has 118 valence electrons. The maximum absolute atomic E-state index is 12.6. The van der Waals surface area contributed by atoms with Crippen LogP contribution < -0.4 is 0 Å². The summed E-state index contributed by atoms with van der Waals surface area (Å²) in [5.41, 5.74) is 0. The number of carbonyl (C=O) groups excluding carboxylic acids is 3. The van der Waals surface area contributed by atoms with Gasteiger partial charge in [-0.05, 0) is 33.6 Å². The van der Waals surface area contributed by atoms with E-state index in [1.54, 1.807) is 16.7 Å².